The Hall–Kier alpha value is -1.92. The zero-order valence-electron chi connectivity index (χ0n) is 11.7. The first-order valence-corrected chi connectivity index (χ1v) is 6.99. The van der Waals surface area contributed by atoms with Crippen molar-refractivity contribution in [3.8, 4) is 5.75 Å². The number of methoxy groups -OCH3 is 1. The monoisotopic (exact) mass is 363 g/mol. The fourth-order valence-corrected chi connectivity index (χ4v) is 2.28. The Bertz CT molecular complexity index is 748. The fourth-order valence-electron chi connectivity index (χ4n) is 1.79. The standard InChI is InChI=1S/C15H10Cl2F3NO2/c1-23-13-5-2-8(6-11(13)17)14(22)21-12-4-3-9(7-10(12)16)15(18,19)20/h2-7H,1H3,(H,21,22). The van der Waals surface area contributed by atoms with Gasteiger partial charge in [0, 0.05) is 5.56 Å². The molecule has 1 N–H and O–H groups in total. The van der Waals surface area contributed by atoms with E-state index in [1.807, 2.05) is 0 Å². The third-order valence-electron chi connectivity index (χ3n) is 2.96. The van der Waals surface area contributed by atoms with Gasteiger partial charge < -0.3 is 10.1 Å². The van der Waals surface area contributed by atoms with Gasteiger partial charge in [-0.05, 0) is 36.4 Å². The fraction of sp³-hybridized carbons (Fsp3) is 0.133. The number of amides is 1. The predicted octanol–water partition coefficient (Wildman–Crippen LogP) is 5.27. The van der Waals surface area contributed by atoms with Crippen LogP contribution in [0.5, 0.6) is 5.75 Å². The molecule has 0 spiro atoms. The highest BCUT2D eigenvalue weighted by Gasteiger charge is 2.31. The van der Waals surface area contributed by atoms with Gasteiger partial charge in [-0.25, -0.2) is 0 Å². The van der Waals surface area contributed by atoms with E-state index in [1.165, 1.54) is 25.3 Å². The highest BCUT2D eigenvalue weighted by molar-refractivity contribution is 6.34. The second-order valence-electron chi connectivity index (χ2n) is 4.50. The summed E-state index contributed by atoms with van der Waals surface area (Å²) in [7, 11) is 1.43. The third kappa shape index (κ3) is 4.09. The van der Waals surface area contributed by atoms with E-state index in [0.717, 1.165) is 18.2 Å². The number of rotatable bonds is 3. The number of carbonyl (C=O) groups is 1. The number of hydrogen-bond acceptors (Lipinski definition) is 2. The third-order valence-corrected chi connectivity index (χ3v) is 3.57. The maximum atomic E-state index is 12.6. The largest absolute Gasteiger partial charge is 0.495 e. The van der Waals surface area contributed by atoms with Crippen molar-refractivity contribution < 1.29 is 22.7 Å². The van der Waals surface area contributed by atoms with Crippen LogP contribution in [0, 0.1) is 0 Å². The molecule has 0 aliphatic heterocycles. The second-order valence-corrected chi connectivity index (χ2v) is 5.31. The van der Waals surface area contributed by atoms with Crippen LogP contribution in [0.4, 0.5) is 18.9 Å². The Morgan fingerprint density at radius 1 is 1.09 bits per heavy atom. The van der Waals surface area contributed by atoms with E-state index in [0.29, 0.717) is 5.75 Å². The Kier molecular flexibility index (Phi) is 5.06. The number of halogens is 5. The van der Waals surface area contributed by atoms with Gasteiger partial charge in [0.2, 0.25) is 0 Å². The lowest BCUT2D eigenvalue weighted by Crippen LogP contribution is -2.13. The predicted molar refractivity (Wildman–Crippen MR) is 82.4 cm³/mol. The highest BCUT2D eigenvalue weighted by atomic mass is 35.5. The first kappa shape index (κ1) is 17.4. The molecule has 0 aromatic heterocycles. The lowest BCUT2D eigenvalue weighted by Gasteiger charge is -2.11. The van der Waals surface area contributed by atoms with Crippen LogP contribution in [0.2, 0.25) is 10.0 Å². The van der Waals surface area contributed by atoms with Crippen molar-refractivity contribution in [1.82, 2.24) is 0 Å². The maximum absolute atomic E-state index is 12.6. The van der Waals surface area contributed by atoms with Crippen LogP contribution < -0.4 is 10.1 Å². The number of nitrogens with one attached hydrogen (secondary N) is 1. The van der Waals surface area contributed by atoms with Gasteiger partial charge in [-0.2, -0.15) is 13.2 Å². The molecule has 0 aliphatic rings. The SMILES string of the molecule is COc1ccc(C(=O)Nc2ccc(C(F)(F)F)cc2Cl)cc1Cl. The van der Waals surface area contributed by atoms with Crippen LogP contribution in [-0.4, -0.2) is 13.0 Å². The summed E-state index contributed by atoms with van der Waals surface area (Å²) in [6.45, 7) is 0. The number of carbonyl (C=O) groups excluding carboxylic acids is 1. The summed E-state index contributed by atoms with van der Waals surface area (Å²) >= 11 is 11.7. The van der Waals surface area contributed by atoms with Crippen molar-refractivity contribution in [3.63, 3.8) is 0 Å². The Balaban J connectivity index is 2.22. The van der Waals surface area contributed by atoms with E-state index in [4.69, 9.17) is 27.9 Å². The van der Waals surface area contributed by atoms with Crippen LogP contribution in [0.3, 0.4) is 0 Å². The molecule has 23 heavy (non-hydrogen) atoms. The molecule has 122 valence electrons. The zero-order chi connectivity index (χ0) is 17.2. The molecule has 2 rings (SSSR count). The van der Waals surface area contributed by atoms with Crippen molar-refractivity contribution in [2.24, 2.45) is 0 Å². The van der Waals surface area contributed by atoms with Crippen molar-refractivity contribution in [1.29, 1.82) is 0 Å². The summed E-state index contributed by atoms with van der Waals surface area (Å²) in [5.74, 6) is -0.160. The van der Waals surface area contributed by atoms with Gasteiger partial charge in [0.05, 0.1) is 28.4 Å². The Morgan fingerprint density at radius 3 is 2.30 bits per heavy atom. The van der Waals surface area contributed by atoms with Gasteiger partial charge in [-0.15, -0.1) is 0 Å². The Morgan fingerprint density at radius 2 is 1.78 bits per heavy atom. The normalized spacial score (nSPS) is 11.2. The van der Waals surface area contributed by atoms with E-state index in [2.05, 4.69) is 5.32 Å². The minimum Gasteiger partial charge on any atom is -0.495 e. The molecule has 0 unspecified atom stereocenters. The van der Waals surface area contributed by atoms with E-state index in [-0.39, 0.29) is 21.3 Å². The van der Waals surface area contributed by atoms with Crippen molar-refractivity contribution in [2.45, 2.75) is 6.18 Å². The van der Waals surface area contributed by atoms with Gasteiger partial charge in [-0.3, -0.25) is 4.79 Å². The molecule has 2 aromatic carbocycles. The van der Waals surface area contributed by atoms with E-state index >= 15 is 0 Å². The van der Waals surface area contributed by atoms with E-state index in [9.17, 15) is 18.0 Å². The maximum Gasteiger partial charge on any atom is 0.416 e. The van der Waals surface area contributed by atoms with Gasteiger partial charge in [-0.1, -0.05) is 23.2 Å². The van der Waals surface area contributed by atoms with Crippen LogP contribution in [0.15, 0.2) is 36.4 Å². The summed E-state index contributed by atoms with van der Waals surface area (Å²) in [6.07, 6.45) is -4.50. The smallest absolute Gasteiger partial charge is 0.416 e. The molecular formula is C15H10Cl2F3NO2. The number of anilines is 1. The number of alkyl halides is 3. The molecule has 0 saturated heterocycles. The molecule has 0 saturated carbocycles. The zero-order valence-corrected chi connectivity index (χ0v) is 13.2. The van der Waals surface area contributed by atoms with Crippen molar-refractivity contribution >= 4 is 34.8 Å². The molecular weight excluding hydrogens is 354 g/mol. The summed E-state index contributed by atoms with van der Waals surface area (Å²) < 4.78 is 42.7. The second kappa shape index (κ2) is 6.68. The molecule has 0 fully saturated rings. The molecule has 3 nitrogen and oxygen atoms in total. The molecule has 8 heteroatoms. The van der Waals surface area contributed by atoms with Crippen LogP contribution >= 0.6 is 23.2 Å². The molecule has 0 bridgehead atoms. The quantitative estimate of drug-likeness (QED) is 0.806. The van der Waals surface area contributed by atoms with Crippen LogP contribution in [-0.2, 0) is 6.18 Å². The number of benzene rings is 2. The van der Waals surface area contributed by atoms with Crippen molar-refractivity contribution in [2.75, 3.05) is 12.4 Å². The lowest BCUT2D eigenvalue weighted by atomic mass is 10.1. The average Bonchev–Trinajstić information content (AvgIpc) is 2.48. The number of ether oxygens (including phenoxy) is 1. The van der Waals surface area contributed by atoms with E-state index < -0.39 is 17.6 Å². The minimum atomic E-state index is -4.50. The lowest BCUT2D eigenvalue weighted by molar-refractivity contribution is -0.137. The minimum absolute atomic E-state index is 0.0663. The molecule has 0 aliphatic carbocycles. The van der Waals surface area contributed by atoms with Gasteiger partial charge >= 0.3 is 6.18 Å². The summed E-state index contributed by atoms with van der Waals surface area (Å²) in [5.41, 5.74) is -0.614. The van der Waals surface area contributed by atoms with Crippen LogP contribution in [0.25, 0.3) is 0 Å². The first-order valence-electron chi connectivity index (χ1n) is 6.24. The summed E-state index contributed by atoms with van der Waals surface area (Å²) in [5, 5.41) is 2.45. The van der Waals surface area contributed by atoms with Crippen molar-refractivity contribution in [3.05, 3.63) is 57.6 Å². The van der Waals surface area contributed by atoms with Gasteiger partial charge in [0.1, 0.15) is 5.75 Å². The van der Waals surface area contributed by atoms with Crippen LogP contribution in [0.1, 0.15) is 15.9 Å². The molecule has 0 radical (unpaired) electrons. The van der Waals surface area contributed by atoms with Gasteiger partial charge in [0.25, 0.3) is 5.91 Å². The average molecular weight is 364 g/mol. The molecule has 0 atom stereocenters. The summed E-state index contributed by atoms with van der Waals surface area (Å²) in [6, 6.07) is 7.03. The topological polar surface area (TPSA) is 38.3 Å². The first-order chi connectivity index (χ1) is 10.7. The van der Waals surface area contributed by atoms with Gasteiger partial charge in [0.15, 0.2) is 0 Å². The number of hydrogen-bond donors (Lipinski definition) is 1. The molecule has 1 amide bonds. The molecule has 0 heterocycles. The highest BCUT2D eigenvalue weighted by Crippen LogP contribution is 2.34. The van der Waals surface area contributed by atoms with E-state index in [1.54, 1.807) is 0 Å². The Labute approximate surface area is 140 Å². The molecule has 2 aromatic rings. The summed E-state index contributed by atoms with van der Waals surface area (Å²) in [4.78, 5) is 12.1.